The smallest absolute Gasteiger partial charge is 0.303 e. The van der Waals surface area contributed by atoms with Crippen molar-refractivity contribution in [1.82, 2.24) is 0 Å². The van der Waals surface area contributed by atoms with Gasteiger partial charge in [-0.15, -0.1) is 0 Å². The minimum atomic E-state index is -0.910. The van der Waals surface area contributed by atoms with Crippen molar-refractivity contribution in [2.24, 2.45) is 0 Å². The lowest BCUT2D eigenvalue weighted by molar-refractivity contribution is -0.146. The number of carboxylic acids is 1. The lowest BCUT2D eigenvalue weighted by atomic mass is 10.2. The molecule has 0 aromatic rings. The molecule has 1 unspecified atom stereocenters. The van der Waals surface area contributed by atoms with Crippen LogP contribution in [0.5, 0.6) is 0 Å². The van der Waals surface area contributed by atoms with Gasteiger partial charge in [0.1, 0.15) is 0 Å². The average molecular weight is 226 g/mol. The molecule has 0 aliphatic heterocycles. The Morgan fingerprint density at radius 2 is 2.12 bits per heavy atom. The zero-order valence-corrected chi connectivity index (χ0v) is 9.78. The van der Waals surface area contributed by atoms with E-state index in [4.69, 9.17) is 9.84 Å². The van der Waals surface area contributed by atoms with Gasteiger partial charge in [-0.25, -0.2) is 0 Å². The van der Waals surface area contributed by atoms with E-state index in [1.807, 2.05) is 0 Å². The Balaban J connectivity index is 4.11. The summed E-state index contributed by atoms with van der Waals surface area (Å²) in [4.78, 5) is 21.1. The number of ether oxygens (including phenoxy) is 1. The van der Waals surface area contributed by atoms with E-state index < -0.39 is 18.0 Å². The fourth-order valence-corrected chi connectivity index (χ4v) is 1.07. The highest BCUT2D eigenvalue weighted by atomic mass is 16.5. The molecule has 1 N–H and O–H groups in total. The minimum Gasteiger partial charge on any atom is -0.481 e. The van der Waals surface area contributed by atoms with E-state index in [1.165, 1.54) is 6.92 Å². The van der Waals surface area contributed by atoms with Crippen LogP contribution in [0.15, 0.2) is 0 Å². The Morgan fingerprint density at radius 1 is 1.44 bits per heavy atom. The Morgan fingerprint density at radius 3 is 2.62 bits per heavy atom. The third kappa shape index (κ3) is 9.07. The van der Waals surface area contributed by atoms with Crippen LogP contribution in [-0.4, -0.2) is 23.1 Å². The third-order valence-corrected chi connectivity index (χ3v) is 1.85. The highest BCUT2D eigenvalue weighted by Gasteiger charge is 2.10. The standard InChI is InChI=1S/C12H18O4/c1-3-4-5-6-7-11(16-10(2)13)8-9-12(14)15/h11H,3-5,8-9H2,1-2H3,(H,14,15). The zero-order chi connectivity index (χ0) is 12.4. The second-order valence-electron chi connectivity index (χ2n) is 3.46. The summed E-state index contributed by atoms with van der Waals surface area (Å²) in [6.45, 7) is 3.36. The molecule has 0 saturated carbocycles. The minimum absolute atomic E-state index is 0.0413. The van der Waals surface area contributed by atoms with Crippen molar-refractivity contribution >= 4 is 11.9 Å². The topological polar surface area (TPSA) is 63.6 Å². The van der Waals surface area contributed by atoms with E-state index in [0.29, 0.717) is 0 Å². The number of rotatable bonds is 6. The molecular formula is C12H18O4. The summed E-state index contributed by atoms with van der Waals surface area (Å²) in [6, 6.07) is 0. The van der Waals surface area contributed by atoms with Crippen LogP contribution in [0, 0.1) is 11.8 Å². The van der Waals surface area contributed by atoms with Gasteiger partial charge in [-0.2, -0.15) is 0 Å². The predicted molar refractivity (Wildman–Crippen MR) is 59.7 cm³/mol. The van der Waals surface area contributed by atoms with Gasteiger partial charge in [0, 0.05) is 26.2 Å². The van der Waals surface area contributed by atoms with E-state index >= 15 is 0 Å². The van der Waals surface area contributed by atoms with Crippen LogP contribution >= 0.6 is 0 Å². The van der Waals surface area contributed by atoms with Crippen molar-refractivity contribution in [3.63, 3.8) is 0 Å². The molecule has 0 aromatic heterocycles. The van der Waals surface area contributed by atoms with Crippen LogP contribution in [0.3, 0.4) is 0 Å². The Bertz CT molecular complexity index is 285. The number of aliphatic carboxylic acids is 1. The molecule has 0 amide bonds. The maximum atomic E-state index is 10.8. The monoisotopic (exact) mass is 226 g/mol. The van der Waals surface area contributed by atoms with E-state index in [2.05, 4.69) is 18.8 Å². The van der Waals surface area contributed by atoms with E-state index in [-0.39, 0.29) is 12.8 Å². The van der Waals surface area contributed by atoms with E-state index in [9.17, 15) is 9.59 Å². The SMILES string of the molecule is CCCCC#CC(CCC(=O)O)OC(C)=O. The zero-order valence-electron chi connectivity index (χ0n) is 9.78. The molecule has 0 heterocycles. The number of hydrogen-bond acceptors (Lipinski definition) is 3. The Kier molecular flexibility index (Phi) is 7.96. The van der Waals surface area contributed by atoms with Gasteiger partial charge in [-0.3, -0.25) is 9.59 Å². The number of carbonyl (C=O) groups is 2. The molecule has 0 bridgehead atoms. The van der Waals surface area contributed by atoms with Crippen molar-refractivity contribution in [3.05, 3.63) is 0 Å². The molecule has 90 valence electrons. The summed E-state index contributed by atoms with van der Waals surface area (Å²) in [5.41, 5.74) is 0. The number of carbonyl (C=O) groups excluding carboxylic acids is 1. The molecule has 1 atom stereocenters. The van der Waals surface area contributed by atoms with Crippen LogP contribution in [-0.2, 0) is 14.3 Å². The molecule has 0 aliphatic carbocycles. The van der Waals surface area contributed by atoms with Crippen LogP contribution in [0.2, 0.25) is 0 Å². The first-order valence-electron chi connectivity index (χ1n) is 5.43. The normalized spacial score (nSPS) is 11.1. The summed E-state index contributed by atoms with van der Waals surface area (Å²) < 4.78 is 4.91. The van der Waals surface area contributed by atoms with Gasteiger partial charge >= 0.3 is 11.9 Å². The molecule has 0 saturated heterocycles. The second-order valence-corrected chi connectivity index (χ2v) is 3.46. The first-order valence-corrected chi connectivity index (χ1v) is 5.43. The van der Waals surface area contributed by atoms with Crippen molar-refractivity contribution in [3.8, 4) is 11.8 Å². The molecule has 16 heavy (non-hydrogen) atoms. The summed E-state index contributed by atoms with van der Waals surface area (Å²) >= 11 is 0. The molecule has 0 aromatic carbocycles. The van der Waals surface area contributed by atoms with Gasteiger partial charge in [0.2, 0.25) is 0 Å². The van der Waals surface area contributed by atoms with Gasteiger partial charge in [-0.1, -0.05) is 25.2 Å². The second kappa shape index (κ2) is 8.78. The quantitative estimate of drug-likeness (QED) is 0.427. The summed E-state index contributed by atoms with van der Waals surface area (Å²) in [6.07, 6.45) is 2.42. The summed E-state index contributed by atoms with van der Waals surface area (Å²) in [5, 5.41) is 8.52. The first kappa shape index (κ1) is 14.5. The number of esters is 1. The number of carboxylic acid groups (broad SMARTS) is 1. The van der Waals surface area contributed by atoms with Crippen LogP contribution < -0.4 is 0 Å². The van der Waals surface area contributed by atoms with Gasteiger partial charge in [0.15, 0.2) is 6.10 Å². The molecular weight excluding hydrogens is 208 g/mol. The van der Waals surface area contributed by atoms with Gasteiger partial charge in [-0.05, 0) is 6.42 Å². The molecule has 0 radical (unpaired) electrons. The van der Waals surface area contributed by atoms with Crippen molar-refractivity contribution in [2.75, 3.05) is 0 Å². The molecule has 0 rings (SSSR count). The highest BCUT2D eigenvalue weighted by Crippen LogP contribution is 2.02. The highest BCUT2D eigenvalue weighted by molar-refractivity contribution is 5.68. The lowest BCUT2D eigenvalue weighted by Gasteiger charge is -2.08. The fourth-order valence-electron chi connectivity index (χ4n) is 1.07. The molecule has 4 nitrogen and oxygen atoms in total. The maximum absolute atomic E-state index is 10.8. The van der Waals surface area contributed by atoms with Gasteiger partial charge < -0.3 is 9.84 Å². The third-order valence-electron chi connectivity index (χ3n) is 1.85. The largest absolute Gasteiger partial charge is 0.481 e. The number of hydrogen-bond donors (Lipinski definition) is 1. The predicted octanol–water partition coefficient (Wildman–Crippen LogP) is 1.98. The van der Waals surface area contributed by atoms with Crippen LogP contribution in [0.1, 0.15) is 46.0 Å². The van der Waals surface area contributed by atoms with Crippen molar-refractivity contribution < 1.29 is 19.4 Å². The molecule has 0 spiro atoms. The average Bonchev–Trinajstić information content (AvgIpc) is 2.19. The molecule has 0 fully saturated rings. The van der Waals surface area contributed by atoms with Crippen molar-refractivity contribution in [2.45, 2.75) is 52.1 Å². The van der Waals surface area contributed by atoms with Crippen LogP contribution in [0.4, 0.5) is 0 Å². The Hall–Kier alpha value is -1.50. The fraction of sp³-hybridized carbons (Fsp3) is 0.667. The molecule has 4 heteroatoms. The van der Waals surface area contributed by atoms with Crippen LogP contribution in [0.25, 0.3) is 0 Å². The number of unbranched alkanes of at least 4 members (excludes halogenated alkanes) is 2. The first-order chi connectivity index (χ1) is 7.56. The van der Waals surface area contributed by atoms with E-state index in [1.54, 1.807) is 0 Å². The Labute approximate surface area is 96.0 Å². The maximum Gasteiger partial charge on any atom is 0.303 e. The lowest BCUT2D eigenvalue weighted by Crippen LogP contribution is -2.15. The molecule has 0 aliphatic rings. The summed E-state index contributed by atoms with van der Waals surface area (Å²) in [7, 11) is 0. The van der Waals surface area contributed by atoms with Crippen molar-refractivity contribution in [1.29, 1.82) is 0 Å². The van der Waals surface area contributed by atoms with Gasteiger partial charge in [0.05, 0.1) is 0 Å². The summed E-state index contributed by atoms with van der Waals surface area (Å²) in [5.74, 6) is 4.34. The van der Waals surface area contributed by atoms with E-state index in [0.717, 1.165) is 19.3 Å². The van der Waals surface area contributed by atoms with Gasteiger partial charge in [0.25, 0.3) is 0 Å².